The van der Waals surface area contributed by atoms with Gasteiger partial charge in [-0.2, -0.15) is 0 Å². The van der Waals surface area contributed by atoms with Gasteiger partial charge in [-0.15, -0.1) is 11.3 Å². The Morgan fingerprint density at radius 1 is 1.29 bits per heavy atom. The standard InChI is InChI=1S/C17H18BrN3O2S/c1-19(10-13-9-12(18)11-24-13)16(22)7-8-21-15-6-4-3-5-14(15)20(2)17(21)23/h3-6,9,11H,7-8,10H2,1-2H3. The molecule has 0 unspecified atom stereocenters. The van der Waals surface area contributed by atoms with Crippen LogP contribution in [0, 0.1) is 0 Å². The molecule has 3 rings (SSSR count). The van der Waals surface area contributed by atoms with Gasteiger partial charge in [0.05, 0.1) is 17.6 Å². The molecule has 0 saturated carbocycles. The lowest BCUT2D eigenvalue weighted by Gasteiger charge is -2.16. The highest BCUT2D eigenvalue weighted by Crippen LogP contribution is 2.21. The summed E-state index contributed by atoms with van der Waals surface area (Å²) in [4.78, 5) is 27.6. The van der Waals surface area contributed by atoms with Gasteiger partial charge >= 0.3 is 5.69 Å². The van der Waals surface area contributed by atoms with Crippen molar-refractivity contribution in [1.29, 1.82) is 0 Å². The summed E-state index contributed by atoms with van der Waals surface area (Å²) >= 11 is 5.04. The molecule has 0 atom stereocenters. The Morgan fingerprint density at radius 3 is 2.67 bits per heavy atom. The Morgan fingerprint density at radius 2 is 2.00 bits per heavy atom. The first-order valence-corrected chi connectivity index (χ1v) is 9.26. The van der Waals surface area contributed by atoms with Crippen LogP contribution in [0.15, 0.2) is 45.0 Å². The molecule has 0 aliphatic carbocycles. The Kier molecular flexibility index (Phi) is 4.91. The topological polar surface area (TPSA) is 47.2 Å². The van der Waals surface area contributed by atoms with Crippen molar-refractivity contribution < 1.29 is 4.79 Å². The molecule has 3 aromatic rings. The van der Waals surface area contributed by atoms with Crippen molar-refractivity contribution in [2.75, 3.05) is 7.05 Å². The van der Waals surface area contributed by atoms with Gasteiger partial charge < -0.3 is 4.90 Å². The molecule has 24 heavy (non-hydrogen) atoms. The van der Waals surface area contributed by atoms with Gasteiger partial charge in [0.1, 0.15) is 0 Å². The monoisotopic (exact) mass is 407 g/mol. The maximum absolute atomic E-state index is 12.4. The predicted octanol–water partition coefficient (Wildman–Crippen LogP) is 3.21. The Hall–Kier alpha value is -1.86. The minimum absolute atomic E-state index is 0.0272. The number of fused-ring (bicyclic) bond motifs is 1. The number of aromatic nitrogens is 2. The average Bonchev–Trinajstić information content (AvgIpc) is 3.08. The van der Waals surface area contributed by atoms with Crippen molar-refractivity contribution in [1.82, 2.24) is 14.0 Å². The summed E-state index contributed by atoms with van der Waals surface area (Å²) in [5, 5.41) is 2.00. The van der Waals surface area contributed by atoms with Gasteiger partial charge in [-0.25, -0.2) is 4.79 Å². The number of hydrogen-bond donors (Lipinski definition) is 0. The number of halogens is 1. The molecule has 0 radical (unpaired) electrons. The van der Waals surface area contributed by atoms with Gasteiger partial charge in [0.15, 0.2) is 0 Å². The van der Waals surface area contributed by atoms with Crippen LogP contribution in [0.2, 0.25) is 0 Å². The SMILES string of the molecule is CN(Cc1cc(Br)cs1)C(=O)CCn1c(=O)n(C)c2ccccc21. The minimum Gasteiger partial charge on any atom is -0.341 e. The van der Waals surface area contributed by atoms with Crippen LogP contribution in [0.25, 0.3) is 11.0 Å². The number of para-hydroxylation sites is 2. The summed E-state index contributed by atoms with van der Waals surface area (Å²) in [6, 6.07) is 9.65. The van der Waals surface area contributed by atoms with Crippen LogP contribution in [0.1, 0.15) is 11.3 Å². The molecule has 126 valence electrons. The second-order valence-corrected chi connectivity index (χ2v) is 7.62. The number of amides is 1. The number of aryl methyl sites for hydroxylation is 2. The van der Waals surface area contributed by atoms with Crippen LogP contribution < -0.4 is 5.69 Å². The van der Waals surface area contributed by atoms with E-state index in [-0.39, 0.29) is 11.6 Å². The molecule has 5 nitrogen and oxygen atoms in total. The summed E-state index contributed by atoms with van der Waals surface area (Å²) in [5.41, 5.74) is 1.66. The number of thiophene rings is 1. The normalized spacial score (nSPS) is 11.1. The number of carbonyl (C=O) groups excluding carboxylic acids is 1. The number of imidazole rings is 1. The fraction of sp³-hybridized carbons (Fsp3) is 0.294. The molecule has 1 amide bonds. The van der Waals surface area contributed by atoms with Crippen molar-refractivity contribution >= 4 is 44.2 Å². The predicted molar refractivity (Wildman–Crippen MR) is 100 cm³/mol. The van der Waals surface area contributed by atoms with E-state index in [0.29, 0.717) is 19.5 Å². The van der Waals surface area contributed by atoms with E-state index in [0.717, 1.165) is 20.4 Å². The van der Waals surface area contributed by atoms with Crippen molar-refractivity contribution in [3.05, 3.63) is 55.5 Å². The Labute approximate surface area is 152 Å². The van der Waals surface area contributed by atoms with Crippen molar-refractivity contribution in [3.63, 3.8) is 0 Å². The third kappa shape index (κ3) is 3.32. The summed E-state index contributed by atoms with van der Waals surface area (Å²) in [6.07, 6.45) is 0.303. The molecule has 2 aromatic heterocycles. The van der Waals surface area contributed by atoms with E-state index in [9.17, 15) is 9.59 Å². The lowest BCUT2D eigenvalue weighted by molar-refractivity contribution is -0.130. The molecule has 0 saturated heterocycles. The van der Waals surface area contributed by atoms with Gasteiger partial charge in [-0.1, -0.05) is 12.1 Å². The number of rotatable bonds is 5. The summed E-state index contributed by atoms with van der Waals surface area (Å²) in [5.74, 6) is 0.0272. The first-order valence-electron chi connectivity index (χ1n) is 7.58. The largest absolute Gasteiger partial charge is 0.341 e. The van der Waals surface area contributed by atoms with Gasteiger partial charge in [0, 0.05) is 41.8 Å². The van der Waals surface area contributed by atoms with E-state index >= 15 is 0 Å². The van der Waals surface area contributed by atoms with E-state index in [1.807, 2.05) is 35.7 Å². The lowest BCUT2D eigenvalue weighted by Crippen LogP contribution is -2.29. The van der Waals surface area contributed by atoms with Gasteiger partial charge in [0.25, 0.3) is 0 Å². The van der Waals surface area contributed by atoms with E-state index < -0.39 is 0 Å². The third-order valence-electron chi connectivity index (χ3n) is 4.04. The van der Waals surface area contributed by atoms with Crippen LogP contribution in [0.3, 0.4) is 0 Å². The smallest absolute Gasteiger partial charge is 0.328 e. The molecule has 7 heteroatoms. The van der Waals surface area contributed by atoms with E-state index in [1.165, 1.54) is 0 Å². The zero-order valence-electron chi connectivity index (χ0n) is 13.5. The fourth-order valence-corrected chi connectivity index (χ4v) is 4.24. The molecule has 0 spiro atoms. The highest BCUT2D eigenvalue weighted by atomic mass is 79.9. The van der Waals surface area contributed by atoms with Crippen molar-refractivity contribution in [3.8, 4) is 0 Å². The number of benzene rings is 1. The van der Waals surface area contributed by atoms with E-state index in [2.05, 4.69) is 15.9 Å². The van der Waals surface area contributed by atoms with Crippen LogP contribution in [0.4, 0.5) is 0 Å². The van der Waals surface area contributed by atoms with E-state index in [1.54, 1.807) is 39.5 Å². The van der Waals surface area contributed by atoms with Gasteiger partial charge in [-0.3, -0.25) is 13.9 Å². The molecular formula is C17H18BrN3O2S. The summed E-state index contributed by atoms with van der Waals surface area (Å²) in [7, 11) is 3.55. The second kappa shape index (κ2) is 6.94. The Bertz CT molecular complexity index is 941. The third-order valence-corrected chi connectivity index (χ3v) is 5.72. The number of hydrogen-bond acceptors (Lipinski definition) is 3. The molecule has 0 aliphatic rings. The molecule has 0 aliphatic heterocycles. The maximum Gasteiger partial charge on any atom is 0.328 e. The highest BCUT2D eigenvalue weighted by Gasteiger charge is 2.14. The van der Waals surface area contributed by atoms with E-state index in [4.69, 9.17) is 0 Å². The maximum atomic E-state index is 12.4. The molecule has 0 bridgehead atoms. The van der Waals surface area contributed by atoms with Crippen LogP contribution >= 0.6 is 27.3 Å². The molecule has 0 N–H and O–H groups in total. The Balaban J connectivity index is 1.70. The molecule has 2 heterocycles. The minimum atomic E-state index is -0.0890. The summed E-state index contributed by atoms with van der Waals surface area (Å²) in [6.45, 7) is 0.969. The first-order chi connectivity index (χ1) is 11.5. The zero-order chi connectivity index (χ0) is 17.3. The zero-order valence-corrected chi connectivity index (χ0v) is 15.9. The summed E-state index contributed by atoms with van der Waals surface area (Å²) < 4.78 is 4.32. The average molecular weight is 408 g/mol. The second-order valence-electron chi connectivity index (χ2n) is 5.71. The van der Waals surface area contributed by atoms with Crippen molar-refractivity contribution in [2.45, 2.75) is 19.5 Å². The van der Waals surface area contributed by atoms with Crippen LogP contribution in [0.5, 0.6) is 0 Å². The lowest BCUT2D eigenvalue weighted by atomic mass is 10.3. The van der Waals surface area contributed by atoms with Gasteiger partial charge in [0.2, 0.25) is 5.91 Å². The number of nitrogens with zero attached hydrogens (tertiary/aromatic N) is 3. The van der Waals surface area contributed by atoms with Crippen LogP contribution in [-0.4, -0.2) is 27.0 Å². The van der Waals surface area contributed by atoms with Crippen molar-refractivity contribution in [2.24, 2.45) is 7.05 Å². The quantitative estimate of drug-likeness (QED) is 0.651. The highest BCUT2D eigenvalue weighted by molar-refractivity contribution is 9.10. The number of carbonyl (C=O) groups is 1. The van der Waals surface area contributed by atoms with Crippen LogP contribution in [-0.2, 0) is 24.9 Å². The molecular weight excluding hydrogens is 390 g/mol. The molecule has 1 aromatic carbocycles. The fourth-order valence-electron chi connectivity index (χ4n) is 2.74. The first kappa shape index (κ1) is 17.0. The molecule has 0 fully saturated rings. The van der Waals surface area contributed by atoms with Gasteiger partial charge in [-0.05, 0) is 34.1 Å².